The summed E-state index contributed by atoms with van der Waals surface area (Å²) in [6.45, 7) is 3.98. The van der Waals surface area contributed by atoms with Gasteiger partial charge in [0.1, 0.15) is 0 Å². The Balaban J connectivity index is 2.07. The molecule has 0 heterocycles. The van der Waals surface area contributed by atoms with Crippen molar-refractivity contribution in [2.45, 2.75) is 24.0 Å². The van der Waals surface area contributed by atoms with Gasteiger partial charge in [0.2, 0.25) is 0 Å². The smallest absolute Gasteiger partial charge is 0.175 e. The normalized spacial score (nSPS) is 12.2. The van der Waals surface area contributed by atoms with Gasteiger partial charge in [0, 0.05) is 14.9 Å². The molecule has 3 heteroatoms. The second kappa shape index (κ2) is 6.40. The van der Waals surface area contributed by atoms with Crippen molar-refractivity contribution >= 4 is 33.5 Å². The molecule has 0 fully saturated rings. The van der Waals surface area contributed by atoms with Crippen molar-refractivity contribution < 1.29 is 4.79 Å². The summed E-state index contributed by atoms with van der Waals surface area (Å²) in [6, 6.07) is 15.8. The molecule has 0 bridgehead atoms. The van der Waals surface area contributed by atoms with Crippen LogP contribution in [0.5, 0.6) is 0 Å². The molecule has 0 saturated carbocycles. The number of Topliss-reactive ketones (excluding diaryl/α,β-unsaturated/α-hetero) is 1. The lowest BCUT2D eigenvalue weighted by atomic mass is 10.1. The molecule has 2 aromatic carbocycles. The van der Waals surface area contributed by atoms with Crippen LogP contribution in [0, 0.1) is 6.92 Å². The van der Waals surface area contributed by atoms with Crippen molar-refractivity contribution in [1.82, 2.24) is 0 Å². The quantitative estimate of drug-likeness (QED) is 0.570. The van der Waals surface area contributed by atoms with Gasteiger partial charge in [0.05, 0.1) is 5.25 Å². The van der Waals surface area contributed by atoms with E-state index in [1.165, 1.54) is 5.56 Å². The minimum absolute atomic E-state index is 0.0797. The van der Waals surface area contributed by atoms with Gasteiger partial charge >= 0.3 is 0 Å². The van der Waals surface area contributed by atoms with Gasteiger partial charge in [-0.05, 0) is 38.1 Å². The van der Waals surface area contributed by atoms with E-state index in [2.05, 4.69) is 15.9 Å². The third-order valence-corrected chi connectivity index (χ3v) is 4.47. The number of thioether (sulfide) groups is 1. The molecular formula is C16H15BrOS. The molecule has 0 radical (unpaired) electrons. The average Bonchev–Trinajstić information content (AvgIpc) is 2.41. The van der Waals surface area contributed by atoms with Gasteiger partial charge in [-0.3, -0.25) is 4.79 Å². The van der Waals surface area contributed by atoms with Crippen LogP contribution in [0.2, 0.25) is 0 Å². The Bertz CT molecular complexity index is 560. The van der Waals surface area contributed by atoms with Crippen LogP contribution in [0.4, 0.5) is 0 Å². The maximum atomic E-state index is 12.3. The Kier molecular flexibility index (Phi) is 4.83. The van der Waals surface area contributed by atoms with Crippen LogP contribution in [0.3, 0.4) is 0 Å². The molecule has 0 aliphatic rings. The third kappa shape index (κ3) is 3.95. The van der Waals surface area contributed by atoms with E-state index in [0.29, 0.717) is 0 Å². The molecule has 0 aliphatic carbocycles. The van der Waals surface area contributed by atoms with Crippen LogP contribution in [-0.4, -0.2) is 11.0 Å². The maximum Gasteiger partial charge on any atom is 0.175 e. The Morgan fingerprint density at radius 3 is 2.21 bits per heavy atom. The van der Waals surface area contributed by atoms with Gasteiger partial charge < -0.3 is 0 Å². The highest BCUT2D eigenvalue weighted by molar-refractivity contribution is 9.10. The molecular weight excluding hydrogens is 320 g/mol. The molecule has 0 amide bonds. The number of carbonyl (C=O) groups is 1. The van der Waals surface area contributed by atoms with Crippen LogP contribution < -0.4 is 0 Å². The number of ketones is 1. The van der Waals surface area contributed by atoms with Crippen molar-refractivity contribution in [3.8, 4) is 0 Å². The molecule has 19 heavy (non-hydrogen) atoms. The highest BCUT2D eigenvalue weighted by atomic mass is 79.9. The standard InChI is InChI=1S/C16H15BrOS/c1-11-3-5-13(6-4-11)16(18)12(2)19-15-9-7-14(17)8-10-15/h3-10,12H,1-2H3. The van der Waals surface area contributed by atoms with E-state index in [1.54, 1.807) is 11.8 Å². The minimum Gasteiger partial charge on any atom is -0.293 e. The number of aryl methyl sites for hydroxylation is 1. The Morgan fingerprint density at radius 1 is 1.05 bits per heavy atom. The lowest BCUT2D eigenvalue weighted by Gasteiger charge is -2.10. The highest BCUT2D eigenvalue weighted by Crippen LogP contribution is 2.26. The van der Waals surface area contributed by atoms with E-state index < -0.39 is 0 Å². The number of halogens is 1. The van der Waals surface area contributed by atoms with E-state index in [4.69, 9.17) is 0 Å². The lowest BCUT2D eigenvalue weighted by molar-refractivity contribution is 0.0994. The number of rotatable bonds is 4. The van der Waals surface area contributed by atoms with Crippen LogP contribution in [-0.2, 0) is 0 Å². The van der Waals surface area contributed by atoms with Gasteiger partial charge in [-0.2, -0.15) is 0 Å². The van der Waals surface area contributed by atoms with E-state index in [0.717, 1.165) is 14.9 Å². The van der Waals surface area contributed by atoms with Gasteiger partial charge in [0.25, 0.3) is 0 Å². The third-order valence-electron chi connectivity index (χ3n) is 2.83. The molecule has 0 N–H and O–H groups in total. The summed E-state index contributed by atoms with van der Waals surface area (Å²) >= 11 is 5.00. The monoisotopic (exact) mass is 334 g/mol. The molecule has 0 aromatic heterocycles. The summed E-state index contributed by atoms with van der Waals surface area (Å²) in [6.07, 6.45) is 0. The van der Waals surface area contributed by atoms with Crippen LogP contribution >= 0.6 is 27.7 Å². The maximum absolute atomic E-state index is 12.3. The topological polar surface area (TPSA) is 17.1 Å². The second-order valence-electron chi connectivity index (χ2n) is 4.44. The Hall–Kier alpha value is -1.06. The first-order chi connectivity index (χ1) is 9.06. The molecule has 1 unspecified atom stereocenters. The molecule has 1 atom stereocenters. The molecule has 2 rings (SSSR count). The van der Waals surface area contributed by atoms with Crippen LogP contribution in [0.15, 0.2) is 57.9 Å². The van der Waals surface area contributed by atoms with Gasteiger partial charge in [-0.1, -0.05) is 45.8 Å². The van der Waals surface area contributed by atoms with Gasteiger partial charge in [-0.25, -0.2) is 0 Å². The molecule has 0 spiro atoms. The van der Waals surface area contributed by atoms with Crippen molar-refractivity contribution in [2.24, 2.45) is 0 Å². The SMILES string of the molecule is Cc1ccc(C(=O)C(C)Sc2ccc(Br)cc2)cc1. The van der Waals surface area contributed by atoms with Crippen molar-refractivity contribution in [3.63, 3.8) is 0 Å². The largest absolute Gasteiger partial charge is 0.293 e. The van der Waals surface area contributed by atoms with Gasteiger partial charge in [-0.15, -0.1) is 11.8 Å². The lowest BCUT2D eigenvalue weighted by Crippen LogP contribution is -2.13. The number of carbonyl (C=O) groups excluding carboxylic acids is 1. The molecule has 2 aromatic rings. The molecule has 0 aliphatic heterocycles. The summed E-state index contributed by atoms with van der Waals surface area (Å²) < 4.78 is 1.05. The second-order valence-corrected chi connectivity index (χ2v) is 6.77. The van der Waals surface area contributed by atoms with Crippen molar-refractivity contribution in [2.75, 3.05) is 0 Å². The summed E-state index contributed by atoms with van der Waals surface area (Å²) in [7, 11) is 0. The number of hydrogen-bond acceptors (Lipinski definition) is 2. The Morgan fingerprint density at radius 2 is 1.63 bits per heavy atom. The fourth-order valence-electron chi connectivity index (χ4n) is 1.72. The Labute approximate surface area is 126 Å². The summed E-state index contributed by atoms with van der Waals surface area (Å²) in [4.78, 5) is 13.4. The summed E-state index contributed by atoms with van der Waals surface area (Å²) in [5, 5.41) is -0.0797. The zero-order valence-electron chi connectivity index (χ0n) is 10.9. The van der Waals surface area contributed by atoms with E-state index in [-0.39, 0.29) is 11.0 Å². The van der Waals surface area contributed by atoms with E-state index in [9.17, 15) is 4.79 Å². The number of hydrogen-bond donors (Lipinski definition) is 0. The highest BCUT2D eigenvalue weighted by Gasteiger charge is 2.16. The average molecular weight is 335 g/mol. The van der Waals surface area contributed by atoms with Crippen molar-refractivity contribution in [1.29, 1.82) is 0 Å². The van der Waals surface area contributed by atoms with Crippen LogP contribution in [0.25, 0.3) is 0 Å². The van der Waals surface area contributed by atoms with E-state index in [1.807, 2.05) is 62.4 Å². The van der Waals surface area contributed by atoms with Crippen LogP contribution in [0.1, 0.15) is 22.8 Å². The summed E-state index contributed by atoms with van der Waals surface area (Å²) in [5.41, 5.74) is 1.95. The fraction of sp³-hybridized carbons (Fsp3) is 0.188. The predicted octanol–water partition coefficient (Wildman–Crippen LogP) is 5.12. The molecule has 98 valence electrons. The number of benzene rings is 2. The zero-order chi connectivity index (χ0) is 13.8. The minimum atomic E-state index is -0.0797. The fourth-order valence-corrected chi connectivity index (χ4v) is 2.93. The summed E-state index contributed by atoms with van der Waals surface area (Å²) in [5.74, 6) is 0.174. The first-order valence-electron chi connectivity index (χ1n) is 6.09. The zero-order valence-corrected chi connectivity index (χ0v) is 13.3. The molecule has 1 nitrogen and oxygen atoms in total. The first-order valence-corrected chi connectivity index (χ1v) is 7.76. The van der Waals surface area contributed by atoms with E-state index >= 15 is 0 Å². The predicted molar refractivity (Wildman–Crippen MR) is 85.0 cm³/mol. The molecule has 0 saturated heterocycles. The van der Waals surface area contributed by atoms with Crippen molar-refractivity contribution in [3.05, 3.63) is 64.1 Å². The first kappa shape index (κ1) is 14.4. The van der Waals surface area contributed by atoms with Gasteiger partial charge in [0.15, 0.2) is 5.78 Å².